The molecule has 2 amide bonds. The van der Waals surface area contributed by atoms with Crippen LogP contribution < -0.4 is 10.6 Å². The van der Waals surface area contributed by atoms with Crippen molar-refractivity contribution in [3.8, 4) is 0 Å². The predicted octanol–water partition coefficient (Wildman–Crippen LogP) is 2.01. The lowest BCUT2D eigenvalue weighted by molar-refractivity contribution is 0.238. The fourth-order valence-electron chi connectivity index (χ4n) is 1.65. The van der Waals surface area contributed by atoms with Crippen molar-refractivity contribution in [3.05, 3.63) is 34.1 Å². The summed E-state index contributed by atoms with van der Waals surface area (Å²) in [4.78, 5) is 16.9. The Morgan fingerprint density at radius 3 is 3.00 bits per heavy atom. The largest absolute Gasteiger partial charge is 0.337 e. The maximum absolute atomic E-state index is 11.6. The van der Waals surface area contributed by atoms with Crippen molar-refractivity contribution in [2.24, 2.45) is 0 Å². The molecule has 0 spiro atoms. The highest BCUT2D eigenvalue weighted by Crippen LogP contribution is 2.37. The number of urea groups is 1. The molecule has 19 heavy (non-hydrogen) atoms. The summed E-state index contributed by atoms with van der Waals surface area (Å²) in [5, 5.41) is 11.3. The van der Waals surface area contributed by atoms with E-state index >= 15 is 0 Å². The van der Waals surface area contributed by atoms with Crippen LogP contribution in [0.25, 0.3) is 0 Å². The van der Waals surface area contributed by atoms with E-state index in [0.29, 0.717) is 18.4 Å². The van der Waals surface area contributed by atoms with Crippen molar-refractivity contribution < 1.29 is 9.32 Å². The van der Waals surface area contributed by atoms with Gasteiger partial charge >= 0.3 is 6.03 Å². The van der Waals surface area contributed by atoms with Crippen LogP contribution in [0.4, 0.5) is 4.79 Å². The van der Waals surface area contributed by atoms with E-state index in [0.717, 1.165) is 23.5 Å². The van der Waals surface area contributed by atoms with Crippen molar-refractivity contribution >= 4 is 17.4 Å². The molecule has 6 nitrogen and oxygen atoms in total. The number of amides is 2. The standard InChI is InChI=1S/C12H14N4O2S/c17-12(13-6-9-2-1-5-19-9)14-7-10-15-11(16-18-10)8-3-4-8/h1-2,5,8H,3-4,6-7H2,(H2,13,14,17). The van der Waals surface area contributed by atoms with E-state index in [1.807, 2.05) is 17.5 Å². The summed E-state index contributed by atoms with van der Waals surface area (Å²) < 4.78 is 5.07. The first-order chi connectivity index (χ1) is 9.31. The zero-order valence-corrected chi connectivity index (χ0v) is 11.1. The van der Waals surface area contributed by atoms with Crippen molar-refractivity contribution in [2.75, 3.05) is 0 Å². The van der Waals surface area contributed by atoms with E-state index in [1.165, 1.54) is 0 Å². The van der Waals surface area contributed by atoms with Gasteiger partial charge in [-0.05, 0) is 24.3 Å². The lowest BCUT2D eigenvalue weighted by Crippen LogP contribution is -2.34. The molecule has 1 fully saturated rings. The molecule has 0 atom stereocenters. The van der Waals surface area contributed by atoms with Gasteiger partial charge in [0.2, 0.25) is 5.89 Å². The molecule has 1 aliphatic rings. The molecule has 0 aliphatic heterocycles. The number of rotatable bonds is 5. The Balaban J connectivity index is 1.41. The summed E-state index contributed by atoms with van der Waals surface area (Å²) in [6, 6.07) is 3.70. The number of aromatic nitrogens is 2. The fraction of sp³-hybridized carbons (Fsp3) is 0.417. The Bertz CT molecular complexity index is 548. The number of nitrogens with one attached hydrogen (secondary N) is 2. The Kier molecular flexibility index (Phi) is 3.45. The van der Waals surface area contributed by atoms with E-state index in [4.69, 9.17) is 4.52 Å². The summed E-state index contributed by atoms with van der Waals surface area (Å²) in [6.45, 7) is 0.788. The van der Waals surface area contributed by atoms with Crippen molar-refractivity contribution in [1.82, 2.24) is 20.8 Å². The number of nitrogens with zero attached hydrogens (tertiary/aromatic N) is 2. The summed E-state index contributed by atoms with van der Waals surface area (Å²) in [5.41, 5.74) is 0. The van der Waals surface area contributed by atoms with E-state index in [9.17, 15) is 4.79 Å². The van der Waals surface area contributed by atoms with E-state index in [1.54, 1.807) is 11.3 Å². The van der Waals surface area contributed by atoms with Crippen LogP contribution in [0.5, 0.6) is 0 Å². The van der Waals surface area contributed by atoms with Crippen LogP contribution in [0, 0.1) is 0 Å². The summed E-state index contributed by atoms with van der Waals surface area (Å²) in [5.74, 6) is 1.68. The van der Waals surface area contributed by atoms with E-state index < -0.39 is 0 Å². The van der Waals surface area contributed by atoms with Crippen molar-refractivity contribution in [1.29, 1.82) is 0 Å². The first kappa shape index (κ1) is 12.2. The van der Waals surface area contributed by atoms with Gasteiger partial charge in [-0.25, -0.2) is 4.79 Å². The molecule has 0 unspecified atom stereocenters. The average molecular weight is 278 g/mol. The first-order valence-electron chi connectivity index (χ1n) is 6.18. The smallest absolute Gasteiger partial charge is 0.315 e. The monoisotopic (exact) mass is 278 g/mol. The van der Waals surface area contributed by atoms with E-state index in [-0.39, 0.29) is 12.6 Å². The van der Waals surface area contributed by atoms with Gasteiger partial charge < -0.3 is 15.2 Å². The van der Waals surface area contributed by atoms with Gasteiger partial charge in [0, 0.05) is 10.8 Å². The molecule has 0 aromatic carbocycles. The highest BCUT2D eigenvalue weighted by molar-refractivity contribution is 7.09. The zero-order chi connectivity index (χ0) is 13.1. The van der Waals surface area contributed by atoms with Gasteiger partial charge in [0.25, 0.3) is 0 Å². The maximum atomic E-state index is 11.6. The molecule has 100 valence electrons. The number of hydrogen-bond acceptors (Lipinski definition) is 5. The topological polar surface area (TPSA) is 80.1 Å². The molecule has 2 aromatic heterocycles. The summed E-state index contributed by atoms with van der Waals surface area (Å²) >= 11 is 1.61. The Morgan fingerprint density at radius 1 is 1.42 bits per heavy atom. The zero-order valence-electron chi connectivity index (χ0n) is 10.3. The van der Waals surface area contributed by atoms with Crippen molar-refractivity contribution in [3.63, 3.8) is 0 Å². The SMILES string of the molecule is O=C(NCc1nc(C2CC2)no1)NCc1cccs1. The molecule has 3 rings (SSSR count). The first-order valence-corrected chi connectivity index (χ1v) is 7.06. The quantitative estimate of drug-likeness (QED) is 0.876. The van der Waals surface area contributed by atoms with Crippen LogP contribution in [-0.2, 0) is 13.1 Å². The van der Waals surface area contributed by atoms with Crippen LogP contribution in [0.2, 0.25) is 0 Å². The van der Waals surface area contributed by atoms with Gasteiger partial charge in [-0.2, -0.15) is 4.98 Å². The van der Waals surface area contributed by atoms with E-state index in [2.05, 4.69) is 20.8 Å². The van der Waals surface area contributed by atoms with Gasteiger partial charge in [-0.15, -0.1) is 11.3 Å². The van der Waals surface area contributed by atoms with Crippen LogP contribution in [0.15, 0.2) is 22.0 Å². The second kappa shape index (κ2) is 5.40. The lowest BCUT2D eigenvalue weighted by atomic mass is 10.4. The minimum absolute atomic E-state index is 0.237. The van der Waals surface area contributed by atoms with Crippen LogP contribution in [-0.4, -0.2) is 16.2 Å². The van der Waals surface area contributed by atoms with Gasteiger partial charge in [0.1, 0.15) is 0 Å². The van der Waals surface area contributed by atoms with Crippen molar-refractivity contribution in [2.45, 2.75) is 31.8 Å². The maximum Gasteiger partial charge on any atom is 0.315 e. The second-order valence-electron chi connectivity index (χ2n) is 4.44. The molecule has 2 N–H and O–H groups in total. The lowest BCUT2D eigenvalue weighted by Gasteiger charge is -2.03. The van der Waals surface area contributed by atoms with Gasteiger partial charge in [0.15, 0.2) is 5.82 Å². The van der Waals surface area contributed by atoms with Crippen LogP contribution in [0.3, 0.4) is 0 Å². The normalized spacial score (nSPS) is 14.3. The third kappa shape index (κ3) is 3.31. The number of hydrogen-bond donors (Lipinski definition) is 2. The van der Waals surface area contributed by atoms with Crippen LogP contribution >= 0.6 is 11.3 Å². The second-order valence-corrected chi connectivity index (χ2v) is 5.47. The highest BCUT2D eigenvalue weighted by atomic mass is 32.1. The Hall–Kier alpha value is -1.89. The minimum atomic E-state index is -0.237. The minimum Gasteiger partial charge on any atom is -0.337 e. The number of thiophene rings is 1. The number of carbonyl (C=O) groups excluding carboxylic acids is 1. The molecular formula is C12H14N4O2S. The molecule has 0 bridgehead atoms. The third-order valence-corrected chi connectivity index (χ3v) is 3.71. The number of carbonyl (C=O) groups is 1. The van der Waals surface area contributed by atoms with Gasteiger partial charge in [-0.3, -0.25) is 0 Å². The Labute approximate surface area is 114 Å². The Morgan fingerprint density at radius 2 is 2.26 bits per heavy atom. The highest BCUT2D eigenvalue weighted by Gasteiger charge is 2.28. The summed E-state index contributed by atoms with van der Waals surface area (Å²) in [6.07, 6.45) is 2.27. The molecule has 2 heterocycles. The molecule has 1 saturated carbocycles. The molecule has 0 saturated heterocycles. The third-order valence-electron chi connectivity index (χ3n) is 2.83. The fourth-order valence-corrected chi connectivity index (χ4v) is 2.29. The summed E-state index contributed by atoms with van der Waals surface area (Å²) in [7, 11) is 0. The molecule has 2 aromatic rings. The molecule has 0 radical (unpaired) electrons. The van der Waals surface area contributed by atoms with Crippen LogP contribution in [0.1, 0.15) is 35.4 Å². The predicted molar refractivity (Wildman–Crippen MR) is 69.7 cm³/mol. The average Bonchev–Trinajstić information content (AvgIpc) is 2.95. The molecule has 7 heteroatoms. The molecular weight excluding hydrogens is 264 g/mol. The molecule has 1 aliphatic carbocycles. The van der Waals surface area contributed by atoms with Gasteiger partial charge in [0.05, 0.1) is 13.1 Å². The van der Waals surface area contributed by atoms with Gasteiger partial charge in [-0.1, -0.05) is 11.2 Å².